The largest absolute Gasteiger partial charge is 0.294 e. The molecule has 5 rings (SSSR count). The summed E-state index contributed by atoms with van der Waals surface area (Å²) in [7, 11) is 0. The van der Waals surface area contributed by atoms with Crippen molar-refractivity contribution in [3.8, 4) is 5.69 Å². The number of benzene rings is 2. The summed E-state index contributed by atoms with van der Waals surface area (Å²) in [6, 6.07) is 18.7. The Kier molecular flexibility index (Phi) is 5.69. The fourth-order valence-electron chi connectivity index (χ4n) is 4.19. The van der Waals surface area contributed by atoms with Crippen LogP contribution in [0.2, 0.25) is 0 Å². The second kappa shape index (κ2) is 8.61. The highest BCUT2D eigenvalue weighted by atomic mass is 32.2. The molecule has 4 aromatic rings. The molecule has 1 aliphatic rings. The molecule has 0 saturated heterocycles. The zero-order chi connectivity index (χ0) is 21.4. The Labute approximate surface area is 190 Å². The maximum atomic E-state index is 13.7. The normalized spacial score (nSPS) is 14.1. The molecular formula is C25H25N3OS2. The molecule has 6 heteroatoms. The van der Waals surface area contributed by atoms with E-state index in [0.717, 1.165) is 52.9 Å². The second-order valence-electron chi connectivity index (χ2n) is 7.93. The van der Waals surface area contributed by atoms with Crippen LogP contribution in [0.5, 0.6) is 0 Å². The predicted octanol–water partition coefficient (Wildman–Crippen LogP) is 5.43. The summed E-state index contributed by atoms with van der Waals surface area (Å²) in [6.45, 7) is 6.99. The Balaban J connectivity index is 1.54. The lowest BCUT2D eigenvalue weighted by Gasteiger charge is -2.26. The van der Waals surface area contributed by atoms with Gasteiger partial charge >= 0.3 is 0 Å². The number of thioether (sulfide) groups is 1. The van der Waals surface area contributed by atoms with Crippen molar-refractivity contribution >= 4 is 33.3 Å². The van der Waals surface area contributed by atoms with Gasteiger partial charge < -0.3 is 0 Å². The monoisotopic (exact) mass is 447 g/mol. The molecule has 0 N–H and O–H groups in total. The Morgan fingerprint density at radius 3 is 2.61 bits per heavy atom. The number of hydrogen-bond donors (Lipinski definition) is 0. The summed E-state index contributed by atoms with van der Waals surface area (Å²) in [4.78, 5) is 23.3. The van der Waals surface area contributed by atoms with Gasteiger partial charge in [0.05, 0.1) is 11.1 Å². The van der Waals surface area contributed by atoms with Crippen LogP contribution in [0.4, 0.5) is 0 Å². The zero-order valence-electron chi connectivity index (χ0n) is 17.8. The molecule has 0 aliphatic carbocycles. The van der Waals surface area contributed by atoms with Gasteiger partial charge in [-0.15, -0.1) is 11.3 Å². The van der Waals surface area contributed by atoms with E-state index in [1.54, 1.807) is 27.7 Å². The quantitative estimate of drug-likeness (QED) is 0.302. The van der Waals surface area contributed by atoms with Crippen molar-refractivity contribution in [3.63, 3.8) is 0 Å². The first kappa shape index (κ1) is 20.5. The fraction of sp³-hybridized carbons (Fsp3) is 0.280. The number of aryl methyl sites for hydroxylation is 1. The smallest absolute Gasteiger partial charge is 0.267 e. The Morgan fingerprint density at radius 2 is 1.87 bits per heavy atom. The van der Waals surface area contributed by atoms with Gasteiger partial charge in [0.1, 0.15) is 4.83 Å². The van der Waals surface area contributed by atoms with Crippen LogP contribution < -0.4 is 5.56 Å². The molecule has 2 aromatic heterocycles. The maximum Gasteiger partial charge on any atom is 0.267 e. The van der Waals surface area contributed by atoms with Crippen LogP contribution >= 0.6 is 23.1 Å². The highest BCUT2D eigenvalue weighted by molar-refractivity contribution is 7.99. The first-order valence-electron chi connectivity index (χ1n) is 10.7. The van der Waals surface area contributed by atoms with Crippen molar-refractivity contribution in [1.29, 1.82) is 0 Å². The minimum absolute atomic E-state index is 0.0663. The van der Waals surface area contributed by atoms with Crippen molar-refractivity contribution in [2.75, 3.05) is 12.3 Å². The molecule has 4 nitrogen and oxygen atoms in total. The van der Waals surface area contributed by atoms with E-state index >= 15 is 0 Å². The molecule has 158 valence electrons. The Bertz CT molecular complexity index is 1280. The highest BCUT2D eigenvalue weighted by Crippen LogP contribution is 2.34. The first-order valence-corrected chi connectivity index (χ1v) is 12.5. The summed E-state index contributed by atoms with van der Waals surface area (Å²) in [5.41, 5.74) is 4.78. The van der Waals surface area contributed by atoms with Crippen LogP contribution in [0.25, 0.3) is 15.9 Å². The molecule has 0 fully saturated rings. The third-order valence-electron chi connectivity index (χ3n) is 5.74. The molecule has 0 radical (unpaired) electrons. The van der Waals surface area contributed by atoms with Crippen LogP contribution in [0.3, 0.4) is 0 Å². The second-order valence-corrected chi connectivity index (χ2v) is 10.2. The van der Waals surface area contributed by atoms with Gasteiger partial charge in [0.2, 0.25) is 0 Å². The van der Waals surface area contributed by atoms with E-state index < -0.39 is 0 Å². The lowest BCUT2D eigenvalue weighted by Crippen LogP contribution is -2.30. The standard InChI is InChI=1S/C25H25N3OS2/c1-3-30-25-26-23-22(24(29)28(25)19-7-5-4-6-8-19)20-13-14-27(16-21(20)31-23)15-18-11-9-17(2)10-12-18/h4-12H,3,13-16H2,1-2H3. The van der Waals surface area contributed by atoms with Crippen molar-refractivity contribution < 1.29 is 0 Å². The minimum Gasteiger partial charge on any atom is -0.294 e. The molecule has 0 bridgehead atoms. The van der Waals surface area contributed by atoms with Gasteiger partial charge in [-0.2, -0.15) is 0 Å². The first-order chi connectivity index (χ1) is 15.1. The van der Waals surface area contributed by atoms with E-state index in [-0.39, 0.29) is 5.56 Å². The number of rotatable bonds is 5. The summed E-state index contributed by atoms with van der Waals surface area (Å²) in [6.07, 6.45) is 0.896. The van der Waals surface area contributed by atoms with E-state index in [4.69, 9.17) is 4.98 Å². The van der Waals surface area contributed by atoms with Gasteiger partial charge in [0, 0.05) is 24.5 Å². The molecule has 0 atom stereocenters. The van der Waals surface area contributed by atoms with Crippen LogP contribution in [0.15, 0.2) is 64.5 Å². The average molecular weight is 448 g/mol. The topological polar surface area (TPSA) is 38.1 Å². The molecule has 0 amide bonds. The zero-order valence-corrected chi connectivity index (χ0v) is 19.4. The third-order valence-corrected chi connectivity index (χ3v) is 7.67. The maximum absolute atomic E-state index is 13.7. The number of aromatic nitrogens is 2. The highest BCUT2D eigenvalue weighted by Gasteiger charge is 2.25. The van der Waals surface area contributed by atoms with Gasteiger partial charge in [-0.1, -0.05) is 66.7 Å². The number of nitrogens with zero attached hydrogens (tertiary/aromatic N) is 3. The van der Waals surface area contributed by atoms with Crippen molar-refractivity contribution in [2.24, 2.45) is 0 Å². The molecular weight excluding hydrogens is 422 g/mol. The number of hydrogen-bond acceptors (Lipinski definition) is 5. The molecule has 31 heavy (non-hydrogen) atoms. The van der Waals surface area contributed by atoms with E-state index in [9.17, 15) is 4.79 Å². The molecule has 2 aromatic carbocycles. The summed E-state index contributed by atoms with van der Waals surface area (Å²) in [5.74, 6) is 0.875. The summed E-state index contributed by atoms with van der Waals surface area (Å²) >= 11 is 3.32. The number of thiophene rings is 1. The summed E-state index contributed by atoms with van der Waals surface area (Å²) < 4.78 is 1.79. The van der Waals surface area contributed by atoms with Gasteiger partial charge in [0.15, 0.2) is 5.16 Å². The molecule has 0 saturated carbocycles. The average Bonchev–Trinajstić information content (AvgIpc) is 3.14. The van der Waals surface area contributed by atoms with Crippen molar-refractivity contribution in [1.82, 2.24) is 14.5 Å². The SMILES string of the molecule is CCSc1nc2sc3c(c2c(=O)n1-c1ccccc1)CCN(Cc1ccc(C)cc1)C3. The molecule has 3 heterocycles. The Morgan fingerprint density at radius 1 is 1.10 bits per heavy atom. The van der Waals surface area contributed by atoms with Crippen molar-refractivity contribution in [3.05, 3.63) is 86.5 Å². The minimum atomic E-state index is 0.0663. The van der Waals surface area contributed by atoms with E-state index in [1.165, 1.54) is 21.6 Å². The van der Waals surface area contributed by atoms with Crippen LogP contribution in [0.1, 0.15) is 28.5 Å². The van der Waals surface area contributed by atoms with Crippen molar-refractivity contribution in [2.45, 2.75) is 38.5 Å². The van der Waals surface area contributed by atoms with Gasteiger partial charge in [-0.25, -0.2) is 4.98 Å². The van der Waals surface area contributed by atoms with Gasteiger partial charge in [0.25, 0.3) is 5.56 Å². The number of para-hydroxylation sites is 1. The van der Waals surface area contributed by atoms with E-state index in [2.05, 4.69) is 43.0 Å². The van der Waals surface area contributed by atoms with E-state index in [0.29, 0.717) is 0 Å². The number of fused-ring (bicyclic) bond motifs is 3. The Hall–Kier alpha value is -2.41. The van der Waals surface area contributed by atoms with Crippen LogP contribution in [0, 0.1) is 6.92 Å². The summed E-state index contributed by atoms with van der Waals surface area (Å²) in [5, 5.41) is 1.60. The lowest BCUT2D eigenvalue weighted by atomic mass is 10.0. The molecule has 1 aliphatic heterocycles. The lowest BCUT2D eigenvalue weighted by molar-refractivity contribution is 0.249. The van der Waals surface area contributed by atoms with Gasteiger partial charge in [-0.3, -0.25) is 14.3 Å². The predicted molar refractivity (Wildman–Crippen MR) is 131 cm³/mol. The third kappa shape index (κ3) is 3.95. The van der Waals surface area contributed by atoms with Crippen LogP contribution in [-0.4, -0.2) is 26.7 Å². The van der Waals surface area contributed by atoms with E-state index in [1.807, 2.05) is 30.3 Å². The van der Waals surface area contributed by atoms with Gasteiger partial charge in [-0.05, 0) is 42.4 Å². The molecule has 0 spiro atoms. The van der Waals surface area contributed by atoms with Crippen LogP contribution in [-0.2, 0) is 19.5 Å². The fourth-order valence-corrected chi connectivity index (χ4v) is 6.24. The molecule has 0 unspecified atom stereocenters.